The predicted molar refractivity (Wildman–Crippen MR) is 120 cm³/mol. The first-order chi connectivity index (χ1) is 15.5. The number of hydrogen-bond donors (Lipinski definition) is 3. The van der Waals surface area contributed by atoms with Crippen molar-refractivity contribution in [2.45, 2.75) is 56.9 Å². The van der Waals surface area contributed by atoms with E-state index in [0.29, 0.717) is 45.3 Å². The highest BCUT2D eigenvalue weighted by atomic mass is 32.1. The molecule has 1 aromatic rings. The average Bonchev–Trinajstić information content (AvgIpc) is 3.38. The number of urea groups is 1. The second-order valence-corrected chi connectivity index (χ2v) is 9.95. The molecule has 1 aromatic heterocycles. The molecule has 9 nitrogen and oxygen atoms in total. The van der Waals surface area contributed by atoms with Crippen LogP contribution in [-0.2, 0) is 20.8 Å². The topological polar surface area (TPSA) is 111 Å². The largest absolute Gasteiger partial charge is 0.355 e. The molecule has 2 saturated heterocycles. The van der Waals surface area contributed by atoms with Gasteiger partial charge in [0.05, 0.1) is 6.54 Å². The van der Waals surface area contributed by atoms with Crippen LogP contribution < -0.4 is 16.1 Å². The summed E-state index contributed by atoms with van der Waals surface area (Å²) in [7, 11) is 0. The lowest BCUT2D eigenvalue weighted by atomic mass is 9.82. The zero-order valence-corrected chi connectivity index (χ0v) is 19.0. The number of carbonyl (C=O) groups is 4. The summed E-state index contributed by atoms with van der Waals surface area (Å²) in [4.78, 5) is 53.2. The maximum Gasteiger partial charge on any atom is 0.344 e. The van der Waals surface area contributed by atoms with Gasteiger partial charge in [0.2, 0.25) is 5.91 Å². The monoisotopic (exact) mass is 461 g/mol. The van der Waals surface area contributed by atoms with Crippen molar-refractivity contribution in [2.24, 2.45) is 5.92 Å². The van der Waals surface area contributed by atoms with Crippen molar-refractivity contribution in [3.8, 4) is 0 Å². The minimum absolute atomic E-state index is 0.0465. The van der Waals surface area contributed by atoms with Crippen LogP contribution in [0.25, 0.3) is 0 Å². The second kappa shape index (κ2) is 9.99. The Morgan fingerprint density at radius 3 is 2.59 bits per heavy atom. The Hall–Kier alpha value is -2.46. The Balaban J connectivity index is 1.18. The number of hydrogen-bond acceptors (Lipinski definition) is 6. The van der Waals surface area contributed by atoms with Crippen LogP contribution in [0.1, 0.15) is 49.8 Å². The average molecular weight is 462 g/mol. The number of nitrogens with one attached hydrogen (secondary N) is 3. The summed E-state index contributed by atoms with van der Waals surface area (Å²) < 4.78 is 0. The van der Waals surface area contributed by atoms with Crippen molar-refractivity contribution in [1.29, 1.82) is 0 Å². The van der Waals surface area contributed by atoms with Crippen molar-refractivity contribution in [1.82, 2.24) is 26.0 Å². The van der Waals surface area contributed by atoms with Crippen LogP contribution in [0.3, 0.4) is 0 Å². The van der Waals surface area contributed by atoms with Crippen LogP contribution in [0.4, 0.5) is 4.79 Å². The Labute approximate surface area is 191 Å². The third kappa shape index (κ3) is 5.12. The summed E-state index contributed by atoms with van der Waals surface area (Å²) >= 11 is 1.69. The van der Waals surface area contributed by atoms with E-state index < -0.39 is 11.6 Å². The number of nitrogens with zero attached hydrogens (tertiary/aromatic N) is 2. The van der Waals surface area contributed by atoms with Crippen molar-refractivity contribution < 1.29 is 19.2 Å². The fraction of sp³-hybridized carbons (Fsp3) is 0.636. The first-order valence-electron chi connectivity index (χ1n) is 11.5. The minimum atomic E-state index is -0.849. The van der Waals surface area contributed by atoms with E-state index >= 15 is 0 Å². The van der Waals surface area contributed by atoms with Crippen LogP contribution in [0.2, 0.25) is 0 Å². The minimum Gasteiger partial charge on any atom is -0.355 e. The number of amides is 5. The van der Waals surface area contributed by atoms with Gasteiger partial charge in [0, 0.05) is 17.3 Å². The van der Waals surface area contributed by atoms with Gasteiger partial charge in [-0.15, -0.1) is 11.3 Å². The quantitative estimate of drug-likeness (QED) is 0.532. The van der Waals surface area contributed by atoms with Gasteiger partial charge in [0.15, 0.2) is 0 Å². The third-order valence-electron chi connectivity index (χ3n) is 6.68. The predicted octanol–water partition coefficient (Wildman–Crippen LogP) is 1.40. The molecule has 0 aromatic carbocycles. The number of likely N-dealkylation sites (tertiary alicyclic amines) is 1. The Bertz CT molecular complexity index is 845. The van der Waals surface area contributed by atoms with Crippen LogP contribution in [0, 0.1) is 5.92 Å². The van der Waals surface area contributed by atoms with Crippen LogP contribution in [-0.4, -0.2) is 65.4 Å². The summed E-state index contributed by atoms with van der Waals surface area (Å²) in [5, 5.41) is 8.68. The molecule has 174 valence electrons. The smallest absolute Gasteiger partial charge is 0.344 e. The molecule has 0 radical (unpaired) electrons. The first kappa shape index (κ1) is 22.7. The fourth-order valence-electron chi connectivity index (χ4n) is 4.84. The van der Waals surface area contributed by atoms with E-state index in [2.05, 4.69) is 22.1 Å². The maximum absolute atomic E-state index is 12.8. The third-order valence-corrected chi connectivity index (χ3v) is 7.62. The highest BCUT2D eigenvalue weighted by Gasteiger charge is 2.52. The van der Waals surface area contributed by atoms with E-state index in [1.165, 1.54) is 4.88 Å². The van der Waals surface area contributed by atoms with Gasteiger partial charge in [-0.1, -0.05) is 25.3 Å². The highest BCUT2D eigenvalue weighted by Crippen LogP contribution is 2.33. The molecule has 0 bridgehead atoms. The Morgan fingerprint density at radius 2 is 1.91 bits per heavy atom. The van der Waals surface area contributed by atoms with Crippen molar-refractivity contribution >= 4 is 35.1 Å². The molecule has 3 aliphatic rings. The highest BCUT2D eigenvalue weighted by molar-refractivity contribution is 7.09. The van der Waals surface area contributed by atoms with Gasteiger partial charge >= 0.3 is 6.03 Å². The van der Waals surface area contributed by atoms with Gasteiger partial charge < -0.3 is 10.6 Å². The molecule has 4 rings (SSSR count). The number of hydrazine groups is 1. The zero-order valence-electron chi connectivity index (χ0n) is 18.2. The zero-order chi connectivity index (χ0) is 22.6. The molecule has 2 aliphatic heterocycles. The molecule has 3 heterocycles. The lowest BCUT2D eigenvalue weighted by Gasteiger charge is -2.31. The SMILES string of the molecule is O=C(CN1CCC(C(=O)NCCc2cccs2)CC1)NN1C(=O)NC2(CCCCC2)C1=O. The Morgan fingerprint density at radius 1 is 1.16 bits per heavy atom. The second-order valence-electron chi connectivity index (χ2n) is 8.92. The van der Waals surface area contributed by atoms with Gasteiger partial charge in [-0.05, 0) is 56.6 Å². The number of thiophene rings is 1. The van der Waals surface area contributed by atoms with Crippen molar-refractivity contribution in [3.05, 3.63) is 22.4 Å². The number of carbonyl (C=O) groups excluding carboxylic acids is 4. The molecule has 32 heavy (non-hydrogen) atoms. The summed E-state index contributed by atoms with van der Waals surface area (Å²) in [6.45, 7) is 1.98. The molecule has 1 saturated carbocycles. The van der Waals surface area contributed by atoms with E-state index in [4.69, 9.17) is 0 Å². The summed E-state index contributed by atoms with van der Waals surface area (Å²) in [6, 6.07) is 3.52. The number of rotatable bonds is 7. The molecule has 3 fully saturated rings. The first-order valence-corrected chi connectivity index (χ1v) is 12.3. The van der Waals surface area contributed by atoms with E-state index in [1.54, 1.807) is 11.3 Å². The normalized spacial score (nSPS) is 21.6. The lowest BCUT2D eigenvalue weighted by molar-refractivity contribution is -0.140. The molecule has 3 N–H and O–H groups in total. The van der Waals surface area contributed by atoms with Gasteiger partial charge in [-0.25, -0.2) is 4.79 Å². The van der Waals surface area contributed by atoms with E-state index in [1.807, 2.05) is 16.3 Å². The standard InChI is InChI=1S/C22H31N5O4S/c28-18(25-27-20(30)22(24-21(27)31)9-2-1-3-10-22)15-26-12-7-16(8-13-26)19(29)23-11-6-17-5-4-14-32-17/h4-5,14,16H,1-3,6-13,15H2,(H,23,29)(H,24,31)(H,25,28). The van der Waals surface area contributed by atoms with Crippen molar-refractivity contribution in [3.63, 3.8) is 0 Å². The summed E-state index contributed by atoms with van der Waals surface area (Å²) in [6.07, 6.45) is 6.29. The van der Waals surface area contributed by atoms with Gasteiger partial charge in [-0.3, -0.25) is 24.7 Å². The molecule has 1 aliphatic carbocycles. The molecule has 1 spiro atoms. The molecule has 5 amide bonds. The molecular formula is C22H31N5O4S. The molecule has 10 heteroatoms. The van der Waals surface area contributed by atoms with E-state index in [-0.39, 0.29) is 30.2 Å². The van der Waals surface area contributed by atoms with E-state index in [0.717, 1.165) is 30.7 Å². The molecular weight excluding hydrogens is 430 g/mol. The van der Waals surface area contributed by atoms with Crippen LogP contribution >= 0.6 is 11.3 Å². The Kier molecular flexibility index (Phi) is 7.10. The van der Waals surface area contributed by atoms with Gasteiger partial charge in [-0.2, -0.15) is 5.01 Å². The van der Waals surface area contributed by atoms with Crippen LogP contribution in [0.5, 0.6) is 0 Å². The van der Waals surface area contributed by atoms with E-state index in [9.17, 15) is 19.2 Å². The van der Waals surface area contributed by atoms with Gasteiger partial charge in [0.1, 0.15) is 5.54 Å². The van der Waals surface area contributed by atoms with Crippen molar-refractivity contribution in [2.75, 3.05) is 26.2 Å². The summed E-state index contributed by atoms with van der Waals surface area (Å²) in [5.74, 6) is -0.716. The lowest BCUT2D eigenvalue weighted by Crippen LogP contribution is -2.53. The van der Waals surface area contributed by atoms with Gasteiger partial charge in [0.25, 0.3) is 11.8 Å². The fourth-order valence-corrected chi connectivity index (χ4v) is 5.55. The summed E-state index contributed by atoms with van der Waals surface area (Å²) in [5.41, 5.74) is 1.64. The maximum atomic E-state index is 12.8. The molecule has 0 atom stereocenters. The van der Waals surface area contributed by atoms with Crippen LogP contribution in [0.15, 0.2) is 17.5 Å². The number of piperidine rings is 1. The number of imide groups is 1. The molecule has 0 unspecified atom stereocenters.